The van der Waals surface area contributed by atoms with Gasteiger partial charge in [0.05, 0.1) is 17.9 Å². The first-order chi connectivity index (χ1) is 9.61. The summed E-state index contributed by atoms with van der Waals surface area (Å²) in [7, 11) is 2.12. The normalized spacial score (nSPS) is 16.9. The molecule has 0 spiro atoms. The Morgan fingerprint density at radius 3 is 2.90 bits per heavy atom. The lowest BCUT2D eigenvalue weighted by molar-refractivity contribution is 0.0527. The molecule has 1 aromatic rings. The third kappa shape index (κ3) is 3.39. The zero-order valence-electron chi connectivity index (χ0n) is 12.1. The van der Waals surface area contributed by atoms with E-state index in [2.05, 4.69) is 22.2 Å². The molecule has 20 heavy (non-hydrogen) atoms. The van der Waals surface area contributed by atoms with E-state index in [4.69, 9.17) is 10.5 Å². The van der Waals surface area contributed by atoms with Gasteiger partial charge in [0, 0.05) is 12.2 Å². The highest BCUT2D eigenvalue weighted by Gasteiger charge is 2.20. The van der Waals surface area contributed by atoms with Crippen molar-refractivity contribution in [2.75, 3.05) is 37.8 Å². The molecule has 1 aliphatic heterocycles. The van der Waals surface area contributed by atoms with Crippen molar-refractivity contribution in [1.29, 1.82) is 0 Å². The van der Waals surface area contributed by atoms with Gasteiger partial charge in [-0.1, -0.05) is 0 Å². The van der Waals surface area contributed by atoms with Gasteiger partial charge in [0.15, 0.2) is 0 Å². The molecule has 1 aliphatic rings. The van der Waals surface area contributed by atoms with Crippen molar-refractivity contribution >= 4 is 17.5 Å². The fraction of sp³-hybridized carbons (Fsp3) is 0.571. The minimum atomic E-state index is -0.404. The largest absolute Gasteiger partial charge is 0.462 e. The summed E-state index contributed by atoms with van der Waals surface area (Å²) in [6.45, 7) is 4.20. The number of anilines is 2. The Kier molecular flexibility index (Phi) is 4.79. The number of likely N-dealkylation sites (tertiary alicyclic amines) is 1. The Hall–Kier alpha value is -1.82. The Bertz CT molecular complexity index is 470. The van der Waals surface area contributed by atoms with E-state index >= 15 is 0 Å². The lowest BCUT2D eigenvalue weighted by atomic mass is 10.1. The lowest BCUT2D eigenvalue weighted by Crippen LogP contribution is -2.37. The van der Waals surface area contributed by atoms with Crippen LogP contribution in [-0.2, 0) is 4.74 Å². The van der Waals surface area contributed by atoms with Gasteiger partial charge in [-0.2, -0.15) is 0 Å². The molecule has 0 amide bonds. The van der Waals surface area contributed by atoms with Crippen LogP contribution in [0.15, 0.2) is 12.3 Å². The van der Waals surface area contributed by atoms with Gasteiger partial charge in [0.1, 0.15) is 5.82 Å². The summed E-state index contributed by atoms with van der Waals surface area (Å²) in [4.78, 5) is 18.3. The van der Waals surface area contributed by atoms with Gasteiger partial charge in [-0.05, 0) is 46.0 Å². The van der Waals surface area contributed by atoms with Gasteiger partial charge in [0.25, 0.3) is 0 Å². The van der Waals surface area contributed by atoms with Gasteiger partial charge in [-0.25, -0.2) is 9.78 Å². The summed E-state index contributed by atoms with van der Waals surface area (Å²) < 4.78 is 4.99. The van der Waals surface area contributed by atoms with Crippen LogP contribution < -0.4 is 11.1 Å². The minimum Gasteiger partial charge on any atom is -0.462 e. The molecule has 6 nitrogen and oxygen atoms in total. The number of piperidine rings is 1. The Morgan fingerprint density at radius 2 is 2.25 bits per heavy atom. The topological polar surface area (TPSA) is 80.5 Å². The van der Waals surface area contributed by atoms with Crippen LogP contribution in [0, 0.1) is 0 Å². The van der Waals surface area contributed by atoms with Gasteiger partial charge in [-0.15, -0.1) is 0 Å². The molecule has 0 aliphatic carbocycles. The molecule has 1 aromatic heterocycles. The second kappa shape index (κ2) is 6.56. The van der Waals surface area contributed by atoms with Crippen molar-refractivity contribution in [3.8, 4) is 0 Å². The highest BCUT2D eigenvalue weighted by Crippen LogP contribution is 2.23. The third-order valence-corrected chi connectivity index (χ3v) is 3.54. The average molecular weight is 278 g/mol. The molecule has 0 aromatic carbocycles. The number of rotatable bonds is 4. The predicted octanol–water partition coefficient (Wildman–Crippen LogP) is 1.35. The molecule has 110 valence electrons. The van der Waals surface area contributed by atoms with E-state index in [0.717, 1.165) is 25.9 Å². The first kappa shape index (κ1) is 14.6. The number of aromatic nitrogens is 1. The van der Waals surface area contributed by atoms with Gasteiger partial charge < -0.3 is 20.7 Å². The number of pyridine rings is 1. The van der Waals surface area contributed by atoms with E-state index in [1.807, 2.05) is 0 Å². The fourth-order valence-electron chi connectivity index (χ4n) is 2.32. The lowest BCUT2D eigenvalue weighted by Gasteiger charge is -2.30. The molecule has 0 atom stereocenters. The number of hydrogen-bond acceptors (Lipinski definition) is 6. The van der Waals surface area contributed by atoms with Crippen molar-refractivity contribution < 1.29 is 9.53 Å². The van der Waals surface area contributed by atoms with E-state index in [1.165, 1.54) is 0 Å². The molecule has 0 radical (unpaired) electrons. The van der Waals surface area contributed by atoms with Crippen molar-refractivity contribution in [2.24, 2.45) is 0 Å². The molecule has 1 fully saturated rings. The molecular weight excluding hydrogens is 256 g/mol. The molecule has 3 N–H and O–H groups in total. The summed E-state index contributed by atoms with van der Waals surface area (Å²) >= 11 is 0. The number of carbonyl (C=O) groups is 1. The van der Waals surface area contributed by atoms with Crippen molar-refractivity contribution in [1.82, 2.24) is 9.88 Å². The van der Waals surface area contributed by atoms with Crippen molar-refractivity contribution in [3.63, 3.8) is 0 Å². The zero-order valence-corrected chi connectivity index (χ0v) is 12.1. The van der Waals surface area contributed by atoms with Crippen molar-refractivity contribution in [2.45, 2.75) is 25.8 Å². The first-order valence-corrected chi connectivity index (χ1v) is 6.98. The van der Waals surface area contributed by atoms with E-state index < -0.39 is 5.97 Å². The number of nitrogens with two attached hydrogens (primary N) is 1. The average Bonchev–Trinajstić information content (AvgIpc) is 2.44. The SMILES string of the molecule is CCOC(=O)c1ccnc(NC2CCN(C)CC2)c1N. The molecule has 0 unspecified atom stereocenters. The Balaban J connectivity index is 2.08. The van der Waals surface area contributed by atoms with Gasteiger partial charge >= 0.3 is 5.97 Å². The molecule has 2 rings (SSSR count). The van der Waals surface area contributed by atoms with Crippen LogP contribution in [0.5, 0.6) is 0 Å². The molecule has 6 heteroatoms. The van der Waals surface area contributed by atoms with Crippen molar-refractivity contribution in [3.05, 3.63) is 17.8 Å². The second-order valence-electron chi connectivity index (χ2n) is 5.06. The maximum absolute atomic E-state index is 11.8. The second-order valence-corrected chi connectivity index (χ2v) is 5.06. The number of nitrogens with zero attached hydrogens (tertiary/aromatic N) is 2. The summed E-state index contributed by atoms with van der Waals surface area (Å²) in [5, 5.41) is 3.34. The summed E-state index contributed by atoms with van der Waals surface area (Å²) in [6, 6.07) is 1.94. The van der Waals surface area contributed by atoms with Crippen LogP contribution in [0.1, 0.15) is 30.1 Å². The van der Waals surface area contributed by atoms with Gasteiger partial charge in [-0.3, -0.25) is 0 Å². The predicted molar refractivity (Wildman–Crippen MR) is 78.7 cm³/mol. The van der Waals surface area contributed by atoms with Crippen LogP contribution in [0.3, 0.4) is 0 Å². The zero-order chi connectivity index (χ0) is 14.5. The molecule has 1 saturated heterocycles. The first-order valence-electron chi connectivity index (χ1n) is 6.98. The monoisotopic (exact) mass is 278 g/mol. The Labute approximate surface area is 119 Å². The fourth-order valence-corrected chi connectivity index (χ4v) is 2.32. The van der Waals surface area contributed by atoms with Gasteiger partial charge in [0.2, 0.25) is 0 Å². The number of carbonyl (C=O) groups excluding carboxylic acids is 1. The van der Waals surface area contributed by atoms with E-state index in [-0.39, 0.29) is 0 Å². The highest BCUT2D eigenvalue weighted by atomic mass is 16.5. The summed E-state index contributed by atoms with van der Waals surface area (Å²) in [5.41, 5.74) is 6.76. The molecule has 0 bridgehead atoms. The third-order valence-electron chi connectivity index (χ3n) is 3.54. The maximum atomic E-state index is 11.8. The summed E-state index contributed by atoms with van der Waals surface area (Å²) in [6.07, 6.45) is 3.67. The maximum Gasteiger partial charge on any atom is 0.340 e. The van der Waals surface area contributed by atoms with E-state index in [9.17, 15) is 4.79 Å². The van der Waals surface area contributed by atoms with Crippen LogP contribution >= 0.6 is 0 Å². The Morgan fingerprint density at radius 1 is 1.55 bits per heavy atom. The highest BCUT2D eigenvalue weighted by molar-refractivity contribution is 5.97. The number of nitrogen functional groups attached to an aromatic ring is 1. The number of nitrogens with one attached hydrogen (secondary N) is 1. The smallest absolute Gasteiger partial charge is 0.340 e. The molecule has 2 heterocycles. The van der Waals surface area contributed by atoms with E-state index in [0.29, 0.717) is 29.7 Å². The van der Waals surface area contributed by atoms with Crippen LogP contribution in [0.4, 0.5) is 11.5 Å². The minimum absolute atomic E-state index is 0.332. The van der Waals surface area contributed by atoms with Crippen LogP contribution in [0.2, 0.25) is 0 Å². The van der Waals surface area contributed by atoms with E-state index in [1.54, 1.807) is 19.2 Å². The quantitative estimate of drug-likeness (QED) is 0.809. The number of hydrogen-bond donors (Lipinski definition) is 2. The number of esters is 1. The van der Waals surface area contributed by atoms with Crippen LogP contribution in [0.25, 0.3) is 0 Å². The summed E-state index contributed by atoms with van der Waals surface area (Å²) in [5.74, 6) is 0.170. The standard InChI is InChI=1S/C14H22N4O2/c1-3-20-14(19)11-4-7-16-13(12(11)15)17-10-5-8-18(2)9-6-10/h4,7,10H,3,5-6,8-9,15H2,1-2H3,(H,16,17). The van der Waals surface area contributed by atoms with Crippen LogP contribution in [-0.4, -0.2) is 48.6 Å². The molecular formula is C14H22N4O2. The molecule has 0 saturated carbocycles. The number of ether oxygens (including phenoxy) is 1.